The molecule has 0 aromatic heterocycles. The second-order valence-corrected chi connectivity index (χ2v) is 4.40. The van der Waals surface area contributed by atoms with E-state index in [1.54, 1.807) is 0 Å². The molecule has 2 nitrogen and oxygen atoms in total. The predicted molar refractivity (Wildman–Crippen MR) is 53.1 cm³/mol. The lowest BCUT2D eigenvalue weighted by Crippen LogP contribution is -2.07. The first kappa shape index (κ1) is 10.5. The van der Waals surface area contributed by atoms with E-state index >= 15 is 0 Å². The van der Waals surface area contributed by atoms with Gasteiger partial charge in [0.05, 0.1) is 0 Å². The van der Waals surface area contributed by atoms with Crippen LogP contribution in [0.15, 0.2) is 21.6 Å². The van der Waals surface area contributed by atoms with Crippen molar-refractivity contribution in [1.29, 1.82) is 0 Å². The molecule has 2 rings (SSSR count). The Morgan fingerprint density at radius 2 is 2.07 bits per heavy atom. The first-order valence-electron chi connectivity index (χ1n) is 4.33. The van der Waals surface area contributed by atoms with Crippen LogP contribution in [-0.2, 0) is 10.3 Å². The van der Waals surface area contributed by atoms with Crippen LogP contribution in [0.1, 0.15) is 18.4 Å². The molecule has 15 heavy (non-hydrogen) atoms. The first-order chi connectivity index (χ1) is 7.09. The number of hydrogen-bond donors (Lipinski definition) is 0. The molecule has 0 heterocycles. The Hall–Kier alpha value is -1.06. The summed E-state index contributed by atoms with van der Waals surface area (Å²) in [4.78, 5) is 13.7. The fourth-order valence-corrected chi connectivity index (χ4v) is 1.97. The van der Waals surface area contributed by atoms with Crippen LogP contribution in [0, 0.1) is 11.6 Å². The quantitative estimate of drug-likeness (QED) is 0.463. The van der Waals surface area contributed by atoms with E-state index in [2.05, 4.69) is 20.9 Å². The Balaban J connectivity index is 2.57. The highest BCUT2D eigenvalue weighted by Gasteiger charge is 2.47. The number of benzene rings is 1. The van der Waals surface area contributed by atoms with Gasteiger partial charge < -0.3 is 0 Å². The molecule has 1 aliphatic rings. The van der Waals surface area contributed by atoms with E-state index < -0.39 is 17.2 Å². The van der Waals surface area contributed by atoms with Crippen molar-refractivity contribution in [2.75, 3.05) is 0 Å². The maximum Gasteiger partial charge on any atom is 0.235 e. The van der Waals surface area contributed by atoms with Crippen LogP contribution in [-0.4, -0.2) is 6.08 Å². The van der Waals surface area contributed by atoms with Crippen molar-refractivity contribution in [3.63, 3.8) is 0 Å². The van der Waals surface area contributed by atoms with Crippen molar-refractivity contribution in [3.8, 4) is 0 Å². The Kier molecular flexibility index (Phi) is 2.44. The van der Waals surface area contributed by atoms with Gasteiger partial charge >= 0.3 is 0 Å². The minimum absolute atomic E-state index is 0.123. The van der Waals surface area contributed by atoms with Gasteiger partial charge in [-0.25, -0.2) is 13.6 Å². The van der Waals surface area contributed by atoms with E-state index in [9.17, 15) is 13.6 Å². The van der Waals surface area contributed by atoms with Gasteiger partial charge in [-0.3, -0.25) is 0 Å². The second kappa shape index (κ2) is 3.51. The van der Waals surface area contributed by atoms with Crippen molar-refractivity contribution < 1.29 is 13.6 Å². The topological polar surface area (TPSA) is 29.4 Å². The second-order valence-electron chi connectivity index (χ2n) is 3.48. The van der Waals surface area contributed by atoms with Gasteiger partial charge in [0.15, 0.2) is 11.6 Å². The van der Waals surface area contributed by atoms with Crippen molar-refractivity contribution in [3.05, 3.63) is 33.8 Å². The number of carbonyl (C=O) groups excluding carboxylic acids is 1. The predicted octanol–water partition coefficient (Wildman–Crippen LogP) is 3.05. The molecular weight excluding hydrogens is 268 g/mol. The first-order valence-corrected chi connectivity index (χ1v) is 5.12. The summed E-state index contributed by atoms with van der Waals surface area (Å²) >= 11 is 3.07. The highest BCUT2D eigenvalue weighted by Crippen LogP contribution is 2.50. The highest BCUT2D eigenvalue weighted by atomic mass is 79.9. The molecule has 1 aromatic carbocycles. The third-order valence-electron chi connectivity index (χ3n) is 2.48. The van der Waals surface area contributed by atoms with E-state index in [4.69, 9.17) is 0 Å². The van der Waals surface area contributed by atoms with Crippen molar-refractivity contribution in [2.45, 2.75) is 18.4 Å². The number of halogens is 3. The Labute approximate surface area is 93.1 Å². The molecule has 0 saturated heterocycles. The molecule has 0 radical (unpaired) electrons. The Morgan fingerprint density at radius 1 is 1.40 bits per heavy atom. The Bertz CT molecular complexity index is 465. The summed E-state index contributed by atoms with van der Waals surface area (Å²) in [5.74, 6) is -1.87. The average Bonchev–Trinajstić information content (AvgIpc) is 2.93. The van der Waals surface area contributed by atoms with E-state index in [-0.39, 0.29) is 5.56 Å². The van der Waals surface area contributed by atoms with Crippen LogP contribution in [0.3, 0.4) is 0 Å². The molecule has 0 atom stereocenters. The minimum atomic E-state index is -0.938. The van der Waals surface area contributed by atoms with Gasteiger partial charge in [0.1, 0.15) is 5.54 Å². The number of hydrogen-bond acceptors (Lipinski definition) is 2. The SMILES string of the molecule is O=C=NC1(c2cc(Br)cc(F)c2F)CC1. The number of nitrogens with zero attached hydrogens (tertiary/aromatic N) is 1. The molecular formula is C10H6BrF2NO. The molecule has 1 aromatic rings. The minimum Gasteiger partial charge on any atom is -0.211 e. The lowest BCUT2D eigenvalue weighted by Gasteiger charge is -2.10. The molecule has 78 valence electrons. The summed E-state index contributed by atoms with van der Waals surface area (Å²) in [7, 11) is 0. The lowest BCUT2D eigenvalue weighted by atomic mass is 10.0. The van der Waals surface area contributed by atoms with E-state index in [0.29, 0.717) is 17.3 Å². The molecule has 1 fully saturated rings. The third-order valence-corrected chi connectivity index (χ3v) is 2.94. The van der Waals surface area contributed by atoms with E-state index in [1.165, 1.54) is 12.1 Å². The van der Waals surface area contributed by atoms with Crippen LogP contribution in [0.4, 0.5) is 8.78 Å². The van der Waals surface area contributed by atoms with Gasteiger partial charge in [-0.1, -0.05) is 15.9 Å². The molecule has 0 bridgehead atoms. The summed E-state index contributed by atoms with van der Waals surface area (Å²) in [5.41, 5.74) is -0.756. The van der Waals surface area contributed by atoms with E-state index in [0.717, 1.165) is 6.07 Å². The van der Waals surface area contributed by atoms with Crippen molar-refractivity contribution in [1.82, 2.24) is 0 Å². The standard InChI is InChI=1S/C10H6BrF2NO/c11-6-3-7(9(13)8(12)4-6)10(1-2-10)14-5-15/h3-4H,1-2H2. The van der Waals surface area contributed by atoms with Crippen LogP contribution in [0.5, 0.6) is 0 Å². The van der Waals surface area contributed by atoms with Gasteiger partial charge in [-0.05, 0) is 25.0 Å². The average molecular weight is 274 g/mol. The van der Waals surface area contributed by atoms with Gasteiger partial charge in [0.25, 0.3) is 0 Å². The summed E-state index contributed by atoms with van der Waals surface area (Å²) in [6.45, 7) is 0. The molecule has 5 heteroatoms. The zero-order valence-corrected chi connectivity index (χ0v) is 9.14. The van der Waals surface area contributed by atoms with Crippen molar-refractivity contribution >= 4 is 22.0 Å². The highest BCUT2D eigenvalue weighted by molar-refractivity contribution is 9.10. The fraction of sp³-hybridized carbons (Fsp3) is 0.300. The van der Waals surface area contributed by atoms with Crippen LogP contribution < -0.4 is 0 Å². The van der Waals surface area contributed by atoms with Crippen LogP contribution in [0.2, 0.25) is 0 Å². The lowest BCUT2D eigenvalue weighted by molar-refractivity contribution is 0.484. The monoisotopic (exact) mass is 273 g/mol. The molecule has 0 N–H and O–H groups in total. The van der Waals surface area contributed by atoms with Crippen LogP contribution in [0.25, 0.3) is 0 Å². The smallest absolute Gasteiger partial charge is 0.211 e. The molecule has 0 aliphatic heterocycles. The molecule has 0 amide bonds. The zero-order chi connectivity index (χ0) is 11.1. The molecule has 0 unspecified atom stereocenters. The maximum atomic E-state index is 13.5. The number of rotatable bonds is 2. The normalized spacial score (nSPS) is 17.0. The molecule has 1 aliphatic carbocycles. The molecule has 1 saturated carbocycles. The molecule has 0 spiro atoms. The maximum absolute atomic E-state index is 13.5. The van der Waals surface area contributed by atoms with Gasteiger partial charge in [0.2, 0.25) is 6.08 Å². The van der Waals surface area contributed by atoms with Crippen molar-refractivity contribution in [2.24, 2.45) is 4.99 Å². The van der Waals surface area contributed by atoms with Gasteiger partial charge in [-0.15, -0.1) is 0 Å². The number of isocyanates is 1. The largest absolute Gasteiger partial charge is 0.235 e. The van der Waals surface area contributed by atoms with Crippen LogP contribution >= 0.6 is 15.9 Å². The van der Waals surface area contributed by atoms with Gasteiger partial charge in [0, 0.05) is 10.0 Å². The summed E-state index contributed by atoms with van der Waals surface area (Å²) < 4.78 is 27.0. The van der Waals surface area contributed by atoms with Gasteiger partial charge in [-0.2, -0.15) is 4.99 Å². The fourth-order valence-electron chi connectivity index (χ4n) is 1.54. The Morgan fingerprint density at radius 3 is 2.60 bits per heavy atom. The van der Waals surface area contributed by atoms with E-state index in [1.807, 2.05) is 0 Å². The number of aliphatic imine (C=N–C) groups is 1. The third kappa shape index (κ3) is 1.73. The summed E-state index contributed by atoms with van der Waals surface area (Å²) in [6.07, 6.45) is 2.51. The zero-order valence-electron chi connectivity index (χ0n) is 7.56. The summed E-state index contributed by atoms with van der Waals surface area (Å²) in [5, 5.41) is 0. The summed E-state index contributed by atoms with van der Waals surface area (Å²) in [6, 6.07) is 2.49.